The van der Waals surface area contributed by atoms with Gasteiger partial charge in [-0.3, -0.25) is 19.7 Å². The van der Waals surface area contributed by atoms with Gasteiger partial charge in [0, 0.05) is 11.6 Å². The fraction of sp³-hybridized carbons (Fsp3) is 0.318. The molecule has 0 aliphatic carbocycles. The molecule has 10 heteroatoms. The standard InChI is InChI=1S/C22H24ClN3O6/c1-13(2)20(25-21(28)16-9-10-17(23)18(11-16)26(30)31)22(29)32-12-19(27)24-14(3)15-7-5-4-6-8-15/h4-11,13-14,20H,12H2,1-3H3,(H,24,27)(H,25,28). The maximum Gasteiger partial charge on any atom is 0.329 e. The molecular weight excluding hydrogens is 438 g/mol. The number of carbonyl (C=O) groups excluding carboxylic acids is 3. The molecule has 9 nitrogen and oxygen atoms in total. The van der Waals surface area contributed by atoms with E-state index in [9.17, 15) is 24.5 Å². The summed E-state index contributed by atoms with van der Waals surface area (Å²) in [5, 5.41) is 16.1. The van der Waals surface area contributed by atoms with Crippen LogP contribution < -0.4 is 10.6 Å². The fourth-order valence-electron chi connectivity index (χ4n) is 2.85. The zero-order valence-corrected chi connectivity index (χ0v) is 18.6. The van der Waals surface area contributed by atoms with Crippen LogP contribution in [-0.4, -0.2) is 35.4 Å². The van der Waals surface area contributed by atoms with Crippen LogP contribution in [0.2, 0.25) is 5.02 Å². The van der Waals surface area contributed by atoms with E-state index in [2.05, 4.69) is 10.6 Å². The molecule has 0 saturated carbocycles. The molecule has 2 unspecified atom stereocenters. The van der Waals surface area contributed by atoms with Crippen molar-refractivity contribution >= 4 is 35.1 Å². The first kappa shape index (κ1) is 24.8. The molecule has 0 spiro atoms. The molecule has 0 saturated heterocycles. The zero-order valence-electron chi connectivity index (χ0n) is 17.8. The van der Waals surface area contributed by atoms with Crippen molar-refractivity contribution < 1.29 is 24.0 Å². The lowest BCUT2D eigenvalue weighted by molar-refractivity contribution is -0.384. The van der Waals surface area contributed by atoms with Crippen LogP contribution in [0.1, 0.15) is 42.7 Å². The molecule has 0 radical (unpaired) electrons. The molecule has 0 aliphatic rings. The number of nitro benzene ring substituents is 1. The highest BCUT2D eigenvalue weighted by Gasteiger charge is 2.28. The molecule has 2 N–H and O–H groups in total. The van der Waals surface area contributed by atoms with Crippen LogP contribution in [0.25, 0.3) is 0 Å². The van der Waals surface area contributed by atoms with Crippen LogP contribution in [0.3, 0.4) is 0 Å². The molecule has 0 aromatic heterocycles. The summed E-state index contributed by atoms with van der Waals surface area (Å²) in [7, 11) is 0. The van der Waals surface area contributed by atoms with E-state index in [0.717, 1.165) is 11.6 Å². The number of nitro groups is 1. The lowest BCUT2D eigenvalue weighted by Crippen LogP contribution is -2.46. The van der Waals surface area contributed by atoms with E-state index in [4.69, 9.17) is 16.3 Å². The second-order valence-electron chi connectivity index (χ2n) is 7.43. The minimum Gasteiger partial charge on any atom is -0.454 e. The van der Waals surface area contributed by atoms with Gasteiger partial charge in [-0.15, -0.1) is 0 Å². The topological polar surface area (TPSA) is 128 Å². The fourth-order valence-corrected chi connectivity index (χ4v) is 3.04. The Balaban J connectivity index is 1.97. The molecule has 0 aliphatic heterocycles. The molecule has 0 bridgehead atoms. The van der Waals surface area contributed by atoms with Gasteiger partial charge in [0.05, 0.1) is 11.0 Å². The SMILES string of the molecule is CC(NC(=O)COC(=O)C(NC(=O)c1ccc(Cl)c([N+](=O)[O-])c1)C(C)C)c1ccccc1. The maximum atomic E-state index is 12.5. The van der Waals surface area contributed by atoms with Crippen LogP contribution in [0, 0.1) is 16.0 Å². The van der Waals surface area contributed by atoms with Gasteiger partial charge < -0.3 is 15.4 Å². The number of amides is 2. The van der Waals surface area contributed by atoms with E-state index in [-0.39, 0.29) is 22.5 Å². The number of nitrogens with one attached hydrogen (secondary N) is 2. The summed E-state index contributed by atoms with van der Waals surface area (Å²) in [5.74, 6) is -2.35. The largest absolute Gasteiger partial charge is 0.454 e. The lowest BCUT2D eigenvalue weighted by atomic mass is 10.0. The highest BCUT2D eigenvalue weighted by atomic mass is 35.5. The third-order valence-electron chi connectivity index (χ3n) is 4.63. The van der Waals surface area contributed by atoms with E-state index in [1.165, 1.54) is 12.1 Å². The second kappa shape index (κ2) is 11.2. The lowest BCUT2D eigenvalue weighted by Gasteiger charge is -2.21. The summed E-state index contributed by atoms with van der Waals surface area (Å²) in [5.41, 5.74) is 0.442. The predicted octanol–water partition coefficient (Wildman–Crippen LogP) is 3.42. The number of hydrogen-bond acceptors (Lipinski definition) is 6. The molecular formula is C22H24ClN3O6. The summed E-state index contributed by atoms with van der Waals surface area (Å²) in [6.45, 7) is 4.67. The number of ether oxygens (including phenoxy) is 1. The number of hydrogen-bond donors (Lipinski definition) is 2. The molecule has 2 atom stereocenters. The Bertz CT molecular complexity index is 996. The minimum atomic E-state index is -1.06. The number of carbonyl (C=O) groups is 3. The summed E-state index contributed by atoms with van der Waals surface area (Å²) < 4.78 is 5.09. The van der Waals surface area contributed by atoms with E-state index in [1.807, 2.05) is 30.3 Å². The van der Waals surface area contributed by atoms with E-state index < -0.39 is 41.0 Å². The van der Waals surface area contributed by atoms with Gasteiger partial charge in [0.2, 0.25) is 0 Å². The zero-order chi connectivity index (χ0) is 23.8. The smallest absolute Gasteiger partial charge is 0.329 e. The van der Waals surface area contributed by atoms with Gasteiger partial charge in [0.25, 0.3) is 17.5 Å². The van der Waals surface area contributed by atoms with Crippen molar-refractivity contribution in [2.45, 2.75) is 32.9 Å². The maximum absolute atomic E-state index is 12.5. The average Bonchev–Trinajstić information content (AvgIpc) is 2.76. The number of esters is 1. The molecule has 0 heterocycles. The Morgan fingerprint density at radius 2 is 1.72 bits per heavy atom. The third-order valence-corrected chi connectivity index (χ3v) is 4.95. The van der Waals surface area contributed by atoms with E-state index >= 15 is 0 Å². The van der Waals surface area contributed by atoms with Crippen LogP contribution in [0.4, 0.5) is 5.69 Å². The summed E-state index contributed by atoms with van der Waals surface area (Å²) in [6.07, 6.45) is 0. The second-order valence-corrected chi connectivity index (χ2v) is 7.83. The van der Waals surface area contributed by atoms with Crippen LogP contribution in [-0.2, 0) is 14.3 Å². The highest BCUT2D eigenvalue weighted by Crippen LogP contribution is 2.25. The van der Waals surface area contributed by atoms with Crippen molar-refractivity contribution in [2.75, 3.05) is 6.61 Å². The summed E-state index contributed by atoms with van der Waals surface area (Å²) in [6, 6.07) is 11.5. The number of nitrogens with zero attached hydrogens (tertiary/aromatic N) is 1. The molecule has 2 aromatic carbocycles. The third kappa shape index (κ3) is 6.78. The highest BCUT2D eigenvalue weighted by molar-refractivity contribution is 6.32. The first-order valence-electron chi connectivity index (χ1n) is 9.86. The Morgan fingerprint density at radius 3 is 2.31 bits per heavy atom. The first-order valence-corrected chi connectivity index (χ1v) is 10.2. The molecule has 2 amide bonds. The van der Waals surface area contributed by atoms with Crippen LogP contribution in [0.15, 0.2) is 48.5 Å². The Kier molecular flexibility index (Phi) is 8.71. The van der Waals surface area contributed by atoms with Gasteiger partial charge in [-0.1, -0.05) is 55.8 Å². The number of benzene rings is 2. The Hall–Kier alpha value is -3.46. The molecule has 2 aromatic rings. The molecule has 0 fully saturated rings. The minimum absolute atomic E-state index is 0.0334. The van der Waals surface area contributed by atoms with Crippen molar-refractivity contribution in [3.63, 3.8) is 0 Å². The van der Waals surface area contributed by atoms with Gasteiger partial charge in [0.1, 0.15) is 11.1 Å². The van der Waals surface area contributed by atoms with E-state index in [1.54, 1.807) is 20.8 Å². The quantitative estimate of drug-likeness (QED) is 0.334. The van der Waals surface area contributed by atoms with Gasteiger partial charge >= 0.3 is 5.97 Å². The van der Waals surface area contributed by atoms with Crippen LogP contribution in [0.5, 0.6) is 0 Å². The Morgan fingerprint density at radius 1 is 1.06 bits per heavy atom. The molecule has 170 valence electrons. The number of rotatable bonds is 9. The van der Waals surface area contributed by atoms with Gasteiger partial charge in [-0.25, -0.2) is 4.79 Å². The van der Waals surface area contributed by atoms with Gasteiger partial charge in [0.15, 0.2) is 6.61 Å². The van der Waals surface area contributed by atoms with Gasteiger partial charge in [-0.2, -0.15) is 0 Å². The van der Waals surface area contributed by atoms with Crippen molar-refractivity contribution in [1.82, 2.24) is 10.6 Å². The monoisotopic (exact) mass is 461 g/mol. The van der Waals surface area contributed by atoms with Crippen molar-refractivity contribution in [1.29, 1.82) is 0 Å². The van der Waals surface area contributed by atoms with Gasteiger partial charge in [-0.05, 0) is 30.5 Å². The molecule has 2 rings (SSSR count). The van der Waals surface area contributed by atoms with Crippen molar-refractivity contribution in [3.05, 3.63) is 74.8 Å². The van der Waals surface area contributed by atoms with Crippen LogP contribution >= 0.6 is 11.6 Å². The first-order chi connectivity index (χ1) is 15.1. The predicted molar refractivity (Wildman–Crippen MR) is 118 cm³/mol. The van der Waals surface area contributed by atoms with Crippen molar-refractivity contribution in [3.8, 4) is 0 Å². The summed E-state index contributed by atoms with van der Waals surface area (Å²) >= 11 is 5.76. The van der Waals surface area contributed by atoms with Crippen molar-refractivity contribution in [2.24, 2.45) is 5.92 Å². The normalized spacial score (nSPS) is 12.5. The molecule has 32 heavy (non-hydrogen) atoms. The number of halogens is 1. The summed E-state index contributed by atoms with van der Waals surface area (Å²) in [4.78, 5) is 47.5. The Labute approximate surface area is 190 Å². The van der Waals surface area contributed by atoms with E-state index in [0.29, 0.717) is 0 Å². The average molecular weight is 462 g/mol.